The number of hydrogen-bond donors (Lipinski definition) is 3. The van der Waals surface area contributed by atoms with E-state index in [2.05, 4.69) is 17.0 Å². The first kappa shape index (κ1) is 16.9. The lowest BCUT2D eigenvalue weighted by molar-refractivity contribution is -0.147. The van der Waals surface area contributed by atoms with Crippen molar-refractivity contribution in [2.24, 2.45) is 10.7 Å². The SMILES string of the molecule is C=C1N=C(SCC2=C(C(=O)O)N3C(=O)[C@@H](N)[C@H]3SC2)N(C)NC1=O. The topological polar surface area (TPSA) is 128 Å². The zero-order valence-corrected chi connectivity index (χ0v) is 14.3. The molecule has 9 nitrogen and oxygen atoms in total. The quantitative estimate of drug-likeness (QED) is 0.433. The van der Waals surface area contributed by atoms with E-state index < -0.39 is 12.0 Å². The van der Waals surface area contributed by atoms with E-state index in [9.17, 15) is 19.5 Å². The minimum absolute atomic E-state index is 0.000116. The molecule has 4 N–H and O–H groups in total. The molecular formula is C13H15N5O4S2. The summed E-state index contributed by atoms with van der Waals surface area (Å²) in [6.45, 7) is 3.55. The third kappa shape index (κ3) is 2.68. The standard InChI is InChI=1S/C13H15N5O4S2/c1-5-9(19)16-17(2)13(15-5)24-4-6-3-23-11-7(14)10(20)18(11)8(6)12(21)22/h7,11H,1,3-4,14H2,2H3,(H,16,19)(H,21,22)/t7-,11-/m1/s1. The van der Waals surface area contributed by atoms with Gasteiger partial charge in [-0.1, -0.05) is 18.3 Å². The maximum atomic E-state index is 11.9. The number of carbonyl (C=O) groups is 3. The van der Waals surface area contributed by atoms with Gasteiger partial charge < -0.3 is 10.8 Å². The first-order valence-electron chi connectivity index (χ1n) is 6.92. The molecule has 0 aromatic heterocycles. The number of nitrogens with one attached hydrogen (secondary N) is 1. The molecule has 0 aromatic carbocycles. The van der Waals surface area contributed by atoms with Crippen LogP contribution < -0.4 is 11.2 Å². The molecule has 0 spiro atoms. The molecule has 3 rings (SSSR count). The normalized spacial score (nSPS) is 26.8. The molecule has 24 heavy (non-hydrogen) atoms. The Morgan fingerprint density at radius 1 is 1.58 bits per heavy atom. The molecule has 1 fully saturated rings. The Kier molecular flexibility index (Phi) is 4.32. The van der Waals surface area contributed by atoms with Crippen molar-refractivity contribution >= 4 is 46.5 Å². The highest BCUT2D eigenvalue weighted by molar-refractivity contribution is 8.14. The summed E-state index contributed by atoms with van der Waals surface area (Å²) >= 11 is 2.71. The van der Waals surface area contributed by atoms with E-state index in [1.807, 2.05) is 0 Å². The minimum atomic E-state index is -1.15. The predicted molar refractivity (Wildman–Crippen MR) is 90.7 cm³/mol. The van der Waals surface area contributed by atoms with Gasteiger partial charge in [0.25, 0.3) is 5.91 Å². The summed E-state index contributed by atoms with van der Waals surface area (Å²) in [6.07, 6.45) is 0. The van der Waals surface area contributed by atoms with Crippen molar-refractivity contribution in [1.29, 1.82) is 0 Å². The molecule has 0 unspecified atom stereocenters. The first-order chi connectivity index (χ1) is 11.3. The number of rotatable bonds is 3. The number of amides is 2. The van der Waals surface area contributed by atoms with Crippen LogP contribution in [-0.4, -0.2) is 67.9 Å². The first-order valence-corrected chi connectivity index (χ1v) is 8.95. The van der Waals surface area contributed by atoms with Gasteiger partial charge in [-0.2, -0.15) is 0 Å². The van der Waals surface area contributed by atoms with Crippen LogP contribution in [0.4, 0.5) is 0 Å². The summed E-state index contributed by atoms with van der Waals surface area (Å²) in [5.74, 6) is -1.11. The van der Waals surface area contributed by atoms with Crippen molar-refractivity contribution in [3.63, 3.8) is 0 Å². The smallest absolute Gasteiger partial charge is 0.352 e. The van der Waals surface area contributed by atoms with E-state index in [0.29, 0.717) is 22.2 Å². The highest BCUT2D eigenvalue weighted by atomic mass is 32.2. The Morgan fingerprint density at radius 3 is 2.96 bits per heavy atom. The number of aliphatic imine (C=N–C) groups is 1. The maximum Gasteiger partial charge on any atom is 0.352 e. The van der Waals surface area contributed by atoms with Crippen molar-refractivity contribution in [2.45, 2.75) is 11.4 Å². The number of fused-ring (bicyclic) bond motifs is 1. The summed E-state index contributed by atoms with van der Waals surface area (Å²) < 4.78 is 0. The summed E-state index contributed by atoms with van der Waals surface area (Å²) in [5.41, 5.74) is 8.98. The van der Waals surface area contributed by atoms with Crippen LogP contribution in [0.1, 0.15) is 0 Å². The van der Waals surface area contributed by atoms with E-state index in [0.717, 1.165) is 0 Å². The maximum absolute atomic E-state index is 11.9. The van der Waals surface area contributed by atoms with Gasteiger partial charge in [-0.25, -0.2) is 9.79 Å². The second-order valence-electron chi connectivity index (χ2n) is 5.32. The third-order valence-corrected chi connectivity index (χ3v) is 6.19. The van der Waals surface area contributed by atoms with Crippen LogP contribution in [0, 0.1) is 0 Å². The van der Waals surface area contributed by atoms with Crippen molar-refractivity contribution in [1.82, 2.24) is 15.3 Å². The number of carboxylic acids is 1. The lowest BCUT2D eigenvalue weighted by Crippen LogP contribution is -2.68. The highest BCUT2D eigenvalue weighted by Crippen LogP contribution is 2.40. The predicted octanol–water partition coefficient (Wildman–Crippen LogP) is -0.853. The number of amidine groups is 1. The highest BCUT2D eigenvalue weighted by Gasteiger charge is 2.51. The largest absolute Gasteiger partial charge is 0.477 e. The fourth-order valence-electron chi connectivity index (χ4n) is 2.48. The van der Waals surface area contributed by atoms with Crippen molar-refractivity contribution < 1.29 is 19.5 Å². The Morgan fingerprint density at radius 2 is 2.29 bits per heavy atom. The van der Waals surface area contributed by atoms with E-state index in [-0.39, 0.29) is 28.6 Å². The van der Waals surface area contributed by atoms with Crippen molar-refractivity contribution in [3.8, 4) is 0 Å². The molecule has 0 saturated carbocycles. The van der Waals surface area contributed by atoms with Crippen LogP contribution in [0.25, 0.3) is 0 Å². The van der Waals surface area contributed by atoms with Gasteiger partial charge in [0.05, 0.1) is 0 Å². The van der Waals surface area contributed by atoms with E-state index >= 15 is 0 Å². The minimum Gasteiger partial charge on any atom is -0.477 e. The van der Waals surface area contributed by atoms with Crippen LogP contribution in [0.15, 0.2) is 28.5 Å². The van der Waals surface area contributed by atoms with Crippen LogP contribution in [-0.2, 0) is 14.4 Å². The summed E-state index contributed by atoms with van der Waals surface area (Å²) in [6, 6.07) is -0.647. The second kappa shape index (κ2) is 6.15. The number of β-lactam (4-membered cyclic amide) rings is 1. The number of thioether (sulfide) groups is 2. The summed E-state index contributed by atoms with van der Waals surface area (Å²) in [4.78, 5) is 40.3. The van der Waals surface area contributed by atoms with Crippen molar-refractivity contribution in [3.05, 3.63) is 23.5 Å². The molecular weight excluding hydrogens is 354 g/mol. The van der Waals surface area contributed by atoms with Gasteiger partial charge in [-0.05, 0) is 5.57 Å². The fourth-order valence-corrected chi connectivity index (χ4v) is 4.86. The molecule has 0 bridgehead atoms. The Labute approximate surface area is 146 Å². The summed E-state index contributed by atoms with van der Waals surface area (Å²) in [7, 11) is 1.63. The van der Waals surface area contributed by atoms with Crippen LogP contribution in [0.2, 0.25) is 0 Å². The number of nitrogens with zero attached hydrogens (tertiary/aromatic N) is 3. The van der Waals surface area contributed by atoms with Crippen LogP contribution >= 0.6 is 23.5 Å². The number of carboxylic acid groups (broad SMARTS) is 1. The molecule has 11 heteroatoms. The van der Waals surface area contributed by atoms with Crippen molar-refractivity contribution in [2.75, 3.05) is 18.6 Å². The fraction of sp³-hybridized carbons (Fsp3) is 0.385. The number of hydrazine groups is 1. The van der Waals surface area contributed by atoms with E-state index in [4.69, 9.17) is 5.73 Å². The molecule has 128 valence electrons. The molecule has 0 radical (unpaired) electrons. The lowest BCUT2D eigenvalue weighted by Gasteiger charge is -2.48. The van der Waals surface area contributed by atoms with Gasteiger partial charge in [0.15, 0.2) is 5.17 Å². The molecule has 0 aliphatic carbocycles. The lowest BCUT2D eigenvalue weighted by atomic mass is 10.0. The monoisotopic (exact) mass is 369 g/mol. The van der Waals surface area contributed by atoms with Gasteiger partial charge in [0.1, 0.15) is 22.8 Å². The average Bonchev–Trinajstić information content (AvgIpc) is 2.55. The van der Waals surface area contributed by atoms with Gasteiger partial charge in [-0.3, -0.25) is 24.9 Å². The number of aliphatic carboxylic acids is 1. The second-order valence-corrected chi connectivity index (χ2v) is 7.37. The Balaban J connectivity index is 1.79. The number of nitrogens with two attached hydrogens (primary N) is 1. The molecule has 3 aliphatic heterocycles. The molecule has 1 saturated heterocycles. The molecule has 2 amide bonds. The number of carbonyl (C=O) groups excluding carboxylic acids is 2. The molecule has 2 atom stereocenters. The Bertz CT molecular complexity index is 719. The zero-order valence-electron chi connectivity index (χ0n) is 12.7. The molecule has 0 aromatic rings. The van der Waals surface area contributed by atoms with E-state index in [1.54, 1.807) is 7.05 Å². The summed E-state index contributed by atoms with van der Waals surface area (Å²) in [5, 5.41) is 11.1. The molecule has 3 aliphatic rings. The van der Waals surface area contributed by atoms with E-state index in [1.165, 1.54) is 33.4 Å². The number of hydrogen-bond acceptors (Lipinski definition) is 8. The zero-order chi connectivity index (χ0) is 17.6. The Hall–Kier alpha value is -1.98. The van der Waals surface area contributed by atoms with Crippen LogP contribution in [0.5, 0.6) is 0 Å². The van der Waals surface area contributed by atoms with Gasteiger partial charge >= 0.3 is 5.97 Å². The van der Waals surface area contributed by atoms with Gasteiger partial charge in [0, 0.05) is 18.6 Å². The van der Waals surface area contributed by atoms with Gasteiger partial charge in [-0.15, -0.1) is 11.8 Å². The van der Waals surface area contributed by atoms with Gasteiger partial charge in [0.2, 0.25) is 5.91 Å². The van der Waals surface area contributed by atoms with Crippen LogP contribution in [0.3, 0.4) is 0 Å². The molecule has 3 heterocycles. The average molecular weight is 369 g/mol. The third-order valence-electron chi connectivity index (χ3n) is 3.72.